The lowest BCUT2D eigenvalue weighted by atomic mass is 9.86. The Morgan fingerprint density at radius 2 is 0.971 bits per heavy atom. The fourth-order valence-corrected chi connectivity index (χ4v) is 5.62. The van der Waals surface area contributed by atoms with E-state index in [1.807, 2.05) is 6.07 Å². The van der Waals surface area contributed by atoms with Crippen LogP contribution >= 0.6 is 0 Å². The smallest absolute Gasteiger partial charge is 0.336 e. The lowest BCUT2D eigenvalue weighted by Crippen LogP contribution is -2.12. The number of rotatable bonds is 6. The van der Waals surface area contributed by atoms with Crippen LogP contribution in [0.1, 0.15) is 90.9 Å². The van der Waals surface area contributed by atoms with E-state index in [2.05, 4.69) is 36.4 Å². The minimum absolute atomic E-state index is 0.0734. The van der Waals surface area contributed by atoms with Gasteiger partial charge in [-0.1, -0.05) is 42.5 Å². The molecule has 2 aliphatic rings. The third-order valence-electron chi connectivity index (χ3n) is 7.40. The lowest BCUT2D eigenvalue weighted by molar-refractivity contribution is 0.0695. The summed E-state index contributed by atoms with van der Waals surface area (Å²) in [6, 6.07) is 16.1. The first-order valence-electron chi connectivity index (χ1n) is 12.3. The summed E-state index contributed by atoms with van der Waals surface area (Å²) in [5.41, 5.74) is 9.13. The predicted molar refractivity (Wildman–Crippen MR) is 132 cm³/mol. The second-order valence-corrected chi connectivity index (χ2v) is 9.75. The van der Waals surface area contributed by atoms with Crippen molar-refractivity contribution in [1.82, 2.24) is 0 Å². The van der Waals surface area contributed by atoms with Crippen LogP contribution in [0.3, 0.4) is 0 Å². The highest BCUT2D eigenvalue weighted by Crippen LogP contribution is 2.28. The minimum atomic E-state index is -1.09. The molecule has 0 spiro atoms. The first-order valence-corrected chi connectivity index (χ1v) is 12.3. The van der Waals surface area contributed by atoms with Crippen LogP contribution in [0.15, 0.2) is 48.5 Å². The van der Waals surface area contributed by atoms with Crippen LogP contribution in [0.25, 0.3) is 0 Å². The van der Waals surface area contributed by atoms with Gasteiger partial charge in [0.05, 0.1) is 11.1 Å². The zero-order valence-electron chi connectivity index (χ0n) is 19.4. The molecule has 2 aliphatic carbocycles. The van der Waals surface area contributed by atoms with Gasteiger partial charge in [-0.2, -0.15) is 0 Å². The quantitative estimate of drug-likeness (QED) is 0.477. The van der Waals surface area contributed by atoms with Gasteiger partial charge in [-0.05, 0) is 115 Å². The van der Waals surface area contributed by atoms with Crippen LogP contribution in [-0.4, -0.2) is 22.2 Å². The van der Waals surface area contributed by atoms with Crippen molar-refractivity contribution in [2.24, 2.45) is 0 Å². The summed E-state index contributed by atoms with van der Waals surface area (Å²) in [5, 5.41) is 19.7. The zero-order valence-corrected chi connectivity index (χ0v) is 19.4. The van der Waals surface area contributed by atoms with E-state index in [4.69, 9.17) is 0 Å². The minimum Gasteiger partial charge on any atom is -0.478 e. The van der Waals surface area contributed by atoms with E-state index in [9.17, 15) is 19.8 Å². The molecule has 0 heterocycles. The average Bonchev–Trinajstić information content (AvgIpc) is 2.83. The van der Waals surface area contributed by atoms with Crippen LogP contribution in [0.5, 0.6) is 0 Å². The summed E-state index contributed by atoms with van der Waals surface area (Å²) >= 11 is 0. The lowest BCUT2D eigenvalue weighted by Gasteiger charge is -2.18. The van der Waals surface area contributed by atoms with E-state index in [-0.39, 0.29) is 11.1 Å². The maximum absolute atomic E-state index is 12.1. The Balaban J connectivity index is 1.52. The standard InChI is InChI=1S/C30H30O4/c31-29(32)27-18-28(30(33)34)26(16-20-10-12-22-6-2-4-8-24(22)14-20)17-25(27)15-19-9-11-21-5-1-3-7-23(21)13-19/h9-14,17-18H,1-8,15-16H2,(H,31,32)(H,33,34). The molecule has 0 bridgehead atoms. The van der Waals surface area contributed by atoms with Gasteiger partial charge >= 0.3 is 11.9 Å². The molecule has 0 aliphatic heterocycles. The zero-order chi connectivity index (χ0) is 23.7. The van der Waals surface area contributed by atoms with E-state index in [0.717, 1.165) is 36.8 Å². The van der Waals surface area contributed by atoms with Crippen molar-refractivity contribution in [3.05, 3.63) is 104 Å². The Morgan fingerprint density at radius 3 is 1.38 bits per heavy atom. The Kier molecular flexibility index (Phi) is 6.23. The van der Waals surface area contributed by atoms with Crippen LogP contribution in [0.2, 0.25) is 0 Å². The third-order valence-corrected chi connectivity index (χ3v) is 7.40. The molecular weight excluding hydrogens is 424 g/mol. The molecule has 0 radical (unpaired) electrons. The molecule has 0 atom stereocenters. The molecule has 4 nitrogen and oxygen atoms in total. The Labute approximate surface area is 200 Å². The van der Waals surface area contributed by atoms with Gasteiger partial charge in [-0.15, -0.1) is 0 Å². The molecule has 174 valence electrons. The molecule has 5 rings (SSSR count). The topological polar surface area (TPSA) is 74.6 Å². The van der Waals surface area contributed by atoms with Gasteiger partial charge in [0.15, 0.2) is 0 Å². The molecule has 0 amide bonds. The van der Waals surface area contributed by atoms with Crippen molar-refractivity contribution < 1.29 is 19.8 Å². The summed E-state index contributed by atoms with van der Waals surface area (Å²) in [6.45, 7) is 0. The molecule has 2 N–H and O–H groups in total. The highest BCUT2D eigenvalue weighted by Gasteiger charge is 2.20. The van der Waals surface area contributed by atoms with Gasteiger partial charge < -0.3 is 10.2 Å². The van der Waals surface area contributed by atoms with Crippen LogP contribution in [-0.2, 0) is 38.5 Å². The van der Waals surface area contributed by atoms with Gasteiger partial charge in [-0.3, -0.25) is 0 Å². The summed E-state index contributed by atoms with van der Waals surface area (Å²) in [6.07, 6.45) is 10.1. The second-order valence-electron chi connectivity index (χ2n) is 9.75. The van der Waals surface area contributed by atoms with Crippen molar-refractivity contribution in [3.63, 3.8) is 0 Å². The molecule has 3 aromatic carbocycles. The number of aromatic carboxylic acids is 2. The van der Waals surface area contributed by atoms with Crippen molar-refractivity contribution in [1.29, 1.82) is 0 Å². The first-order chi connectivity index (χ1) is 16.5. The largest absolute Gasteiger partial charge is 0.478 e. The summed E-state index contributed by atoms with van der Waals surface area (Å²) in [4.78, 5) is 24.1. The van der Waals surface area contributed by atoms with E-state index in [1.165, 1.54) is 54.0 Å². The Morgan fingerprint density at radius 1 is 0.559 bits per heavy atom. The predicted octanol–water partition coefficient (Wildman–Crippen LogP) is 6.02. The number of aryl methyl sites for hydroxylation is 4. The van der Waals surface area contributed by atoms with Gasteiger partial charge in [0, 0.05) is 0 Å². The molecule has 0 aromatic heterocycles. The summed E-state index contributed by atoms with van der Waals surface area (Å²) in [7, 11) is 0. The number of carboxylic acids is 2. The fourth-order valence-electron chi connectivity index (χ4n) is 5.62. The summed E-state index contributed by atoms with van der Waals surface area (Å²) < 4.78 is 0. The number of hydrogen-bond donors (Lipinski definition) is 2. The number of carboxylic acid groups (broad SMARTS) is 2. The average molecular weight is 455 g/mol. The Bertz CT molecular complexity index is 1180. The maximum atomic E-state index is 12.1. The van der Waals surface area contributed by atoms with E-state index >= 15 is 0 Å². The molecule has 0 saturated heterocycles. The van der Waals surface area contributed by atoms with E-state index < -0.39 is 11.9 Å². The number of carbonyl (C=O) groups is 2. The van der Waals surface area contributed by atoms with Crippen LogP contribution in [0.4, 0.5) is 0 Å². The van der Waals surface area contributed by atoms with E-state index in [0.29, 0.717) is 24.0 Å². The van der Waals surface area contributed by atoms with Crippen LogP contribution < -0.4 is 0 Å². The van der Waals surface area contributed by atoms with Gasteiger partial charge in [0.2, 0.25) is 0 Å². The van der Waals surface area contributed by atoms with E-state index in [1.54, 1.807) is 0 Å². The number of benzene rings is 3. The highest BCUT2D eigenvalue weighted by molar-refractivity contribution is 5.96. The van der Waals surface area contributed by atoms with Crippen molar-refractivity contribution >= 4 is 11.9 Å². The van der Waals surface area contributed by atoms with Crippen LogP contribution in [0, 0.1) is 0 Å². The number of hydrogen-bond acceptors (Lipinski definition) is 2. The normalized spacial score (nSPS) is 14.8. The van der Waals surface area contributed by atoms with Crippen molar-refractivity contribution in [2.45, 2.75) is 64.2 Å². The fraction of sp³-hybridized carbons (Fsp3) is 0.333. The Hall–Kier alpha value is -3.40. The third kappa shape index (κ3) is 4.63. The molecule has 0 saturated carbocycles. The van der Waals surface area contributed by atoms with Crippen molar-refractivity contribution in [2.75, 3.05) is 0 Å². The van der Waals surface area contributed by atoms with Gasteiger partial charge in [0.25, 0.3) is 0 Å². The molecule has 0 fully saturated rings. The molecular formula is C30H30O4. The molecule has 0 unspecified atom stereocenters. The van der Waals surface area contributed by atoms with Gasteiger partial charge in [-0.25, -0.2) is 9.59 Å². The molecule has 4 heteroatoms. The maximum Gasteiger partial charge on any atom is 0.336 e. The molecule has 3 aromatic rings. The monoisotopic (exact) mass is 454 g/mol. The first kappa shape index (κ1) is 22.4. The van der Waals surface area contributed by atoms with Crippen molar-refractivity contribution in [3.8, 4) is 0 Å². The second kappa shape index (κ2) is 9.46. The number of fused-ring (bicyclic) bond motifs is 2. The van der Waals surface area contributed by atoms with Gasteiger partial charge in [0.1, 0.15) is 0 Å². The molecule has 34 heavy (non-hydrogen) atoms. The SMILES string of the molecule is O=C(O)c1cc(C(=O)O)c(Cc2ccc3c(c2)CCCC3)cc1Cc1ccc2c(c1)CCCC2. The summed E-state index contributed by atoms with van der Waals surface area (Å²) in [5.74, 6) is -2.17. The highest BCUT2D eigenvalue weighted by atomic mass is 16.4.